The number of unbranched alkanes of at least 4 members (excludes halogenated alkanes) is 12. The lowest BCUT2D eigenvalue weighted by Crippen LogP contribution is -2.30. The van der Waals surface area contributed by atoms with Gasteiger partial charge >= 0.3 is 17.9 Å². The van der Waals surface area contributed by atoms with Crippen molar-refractivity contribution in [2.75, 3.05) is 13.2 Å². The number of allylic oxidation sites excluding steroid dienone is 22. The van der Waals surface area contributed by atoms with Gasteiger partial charge in [-0.1, -0.05) is 206 Å². The second kappa shape index (κ2) is 53.2. The molecule has 0 amide bonds. The maximum atomic E-state index is 12.8. The fraction of sp³-hybridized carbons (Fsp3) is 0.583. The molecule has 1 unspecified atom stereocenters. The summed E-state index contributed by atoms with van der Waals surface area (Å²) in [6.07, 6.45) is 74.5. The van der Waals surface area contributed by atoms with E-state index in [1.54, 1.807) is 0 Å². The average molecular weight is 911 g/mol. The number of carbonyl (C=O) groups is 3. The second-order valence-corrected chi connectivity index (χ2v) is 16.7. The third kappa shape index (κ3) is 50.5. The molecule has 0 N–H and O–H groups in total. The Hall–Kier alpha value is -4.45. The minimum absolute atomic E-state index is 0.132. The van der Waals surface area contributed by atoms with Crippen molar-refractivity contribution in [3.05, 3.63) is 134 Å². The van der Waals surface area contributed by atoms with Crippen molar-refractivity contribution in [3.63, 3.8) is 0 Å². The highest BCUT2D eigenvalue weighted by atomic mass is 16.6. The quantitative estimate of drug-likeness (QED) is 0.0262. The molecule has 0 radical (unpaired) electrons. The molecular weight excluding hydrogens is 817 g/mol. The summed E-state index contributed by atoms with van der Waals surface area (Å²) in [6.45, 7) is 6.25. The van der Waals surface area contributed by atoms with E-state index in [1.807, 2.05) is 12.2 Å². The summed E-state index contributed by atoms with van der Waals surface area (Å²) in [5.41, 5.74) is 0. The molecule has 0 aromatic carbocycles. The molecule has 0 heterocycles. The summed E-state index contributed by atoms with van der Waals surface area (Å²) in [5, 5.41) is 0. The highest BCUT2D eigenvalue weighted by Crippen LogP contribution is 2.12. The Balaban J connectivity index is 4.58. The van der Waals surface area contributed by atoms with Crippen LogP contribution in [0, 0.1) is 0 Å². The lowest BCUT2D eigenvalue weighted by Gasteiger charge is -2.18. The van der Waals surface area contributed by atoms with Crippen LogP contribution >= 0.6 is 0 Å². The number of ether oxygens (including phenoxy) is 3. The molecule has 0 saturated heterocycles. The number of hydrogen-bond donors (Lipinski definition) is 0. The molecule has 0 aromatic rings. The predicted molar refractivity (Wildman–Crippen MR) is 283 cm³/mol. The lowest BCUT2D eigenvalue weighted by molar-refractivity contribution is -0.166. The van der Waals surface area contributed by atoms with E-state index in [0.29, 0.717) is 19.3 Å². The fourth-order valence-corrected chi connectivity index (χ4v) is 6.52. The van der Waals surface area contributed by atoms with E-state index in [4.69, 9.17) is 14.2 Å². The summed E-state index contributed by atoms with van der Waals surface area (Å²) < 4.78 is 16.7. The summed E-state index contributed by atoms with van der Waals surface area (Å²) in [6, 6.07) is 0. The van der Waals surface area contributed by atoms with Crippen LogP contribution in [-0.4, -0.2) is 37.2 Å². The minimum Gasteiger partial charge on any atom is -0.462 e. The van der Waals surface area contributed by atoms with Gasteiger partial charge in [0, 0.05) is 19.3 Å². The Morgan fingerprint density at radius 2 is 0.636 bits per heavy atom. The van der Waals surface area contributed by atoms with Gasteiger partial charge in [-0.05, 0) is 116 Å². The molecule has 0 rings (SSSR count). The molecule has 0 aromatic heterocycles. The standard InChI is InChI=1S/C60H94O6/c1-4-7-10-13-16-19-22-25-27-29-31-32-35-38-41-44-47-50-53-59(62)65-56-57(55-64-58(61)52-49-46-43-40-37-34-24-21-18-15-12-9-6-3)66-60(63)54-51-48-45-42-39-36-33-30-28-26-23-20-17-14-11-8-5-2/h8-9,11-12,17-22,26-29,33-34,36-37,42-43,45-46,57H,4-7,10,13-16,23-25,30-32,35,38-41,44,47-56H2,1-3H3/b11-8-,12-9-,20-17-,21-18-,22-19-,28-26-,29-27-,36-33-,37-34-,45-42-,46-43-. The first-order valence-corrected chi connectivity index (χ1v) is 26.2. The second-order valence-electron chi connectivity index (χ2n) is 16.7. The van der Waals surface area contributed by atoms with Gasteiger partial charge in [0.05, 0.1) is 0 Å². The van der Waals surface area contributed by atoms with Crippen LogP contribution in [0.2, 0.25) is 0 Å². The molecular formula is C60H94O6. The third-order valence-electron chi connectivity index (χ3n) is 10.4. The monoisotopic (exact) mass is 911 g/mol. The van der Waals surface area contributed by atoms with Gasteiger partial charge in [-0.2, -0.15) is 0 Å². The van der Waals surface area contributed by atoms with Gasteiger partial charge in [0.15, 0.2) is 6.10 Å². The summed E-state index contributed by atoms with van der Waals surface area (Å²) in [4.78, 5) is 38.0. The lowest BCUT2D eigenvalue weighted by atomic mass is 10.1. The molecule has 6 heteroatoms. The Morgan fingerprint density at radius 3 is 1.06 bits per heavy atom. The first-order valence-electron chi connectivity index (χ1n) is 26.2. The van der Waals surface area contributed by atoms with E-state index in [2.05, 4.69) is 142 Å². The maximum absolute atomic E-state index is 12.8. The van der Waals surface area contributed by atoms with Crippen LogP contribution < -0.4 is 0 Å². The third-order valence-corrected chi connectivity index (χ3v) is 10.4. The SMILES string of the molecule is CC/C=C\C/C=C\C/C=C\C/C=C\C/C=C\CCCC(=O)OC(COC(=O)CC/C=C\C/C=C\C/C=C\C/C=C\CC)COC(=O)CCCCCCCCC/C=C\C/C=C\CCCCCC. The maximum Gasteiger partial charge on any atom is 0.306 e. The molecule has 6 nitrogen and oxygen atoms in total. The first-order chi connectivity index (χ1) is 32.5. The van der Waals surface area contributed by atoms with Crippen molar-refractivity contribution in [1.29, 1.82) is 0 Å². The van der Waals surface area contributed by atoms with E-state index in [-0.39, 0.29) is 38.0 Å². The van der Waals surface area contributed by atoms with Crippen LogP contribution in [0.1, 0.15) is 207 Å². The van der Waals surface area contributed by atoms with E-state index in [0.717, 1.165) is 96.3 Å². The zero-order valence-electron chi connectivity index (χ0n) is 42.1. The van der Waals surface area contributed by atoms with Gasteiger partial charge in [-0.25, -0.2) is 0 Å². The van der Waals surface area contributed by atoms with Crippen LogP contribution in [0.15, 0.2) is 134 Å². The Bertz CT molecular complexity index is 1460. The largest absolute Gasteiger partial charge is 0.462 e. The topological polar surface area (TPSA) is 78.9 Å². The molecule has 0 saturated carbocycles. The highest BCUT2D eigenvalue weighted by Gasteiger charge is 2.19. The van der Waals surface area contributed by atoms with Gasteiger partial charge in [-0.3, -0.25) is 14.4 Å². The molecule has 0 spiro atoms. The smallest absolute Gasteiger partial charge is 0.306 e. The number of rotatable bonds is 45. The number of esters is 3. The van der Waals surface area contributed by atoms with E-state index >= 15 is 0 Å². The van der Waals surface area contributed by atoms with Crippen molar-refractivity contribution >= 4 is 17.9 Å². The minimum atomic E-state index is -0.844. The van der Waals surface area contributed by atoms with Crippen molar-refractivity contribution in [1.82, 2.24) is 0 Å². The molecule has 0 aliphatic carbocycles. The Labute approximate surface area is 405 Å². The predicted octanol–water partition coefficient (Wildman–Crippen LogP) is 17.5. The van der Waals surface area contributed by atoms with Crippen molar-refractivity contribution in [3.8, 4) is 0 Å². The molecule has 0 fully saturated rings. The van der Waals surface area contributed by atoms with Crippen LogP contribution in [-0.2, 0) is 28.6 Å². The van der Waals surface area contributed by atoms with Gasteiger partial charge in [0.2, 0.25) is 0 Å². The normalized spacial score (nSPS) is 13.2. The van der Waals surface area contributed by atoms with Crippen molar-refractivity contribution in [2.45, 2.75) is 213 Å². The fourth-order valence-electron chi connectivity index (χ4n) is 6.52. The Kier molecular flexibility index (Phi) is 49.6. The number of carbonyl (C=O) groups excluding carboxylic acids is 3. The van der Waals surface area contributed by atoms with Gasteiger partial charge in [0.1, 0.15) is 13.2 Å². The van der Waals surface area contributed by atoms with Gasteiger partial charge < -0.3 is 14.2 Å². The van der Waals surface area contributed by atoms with E-state index in [1.165, 1.54) is 57.8 Å². The summed E-state index contributed by atoms with van der Waals surface area (Å²) >= 11 is 0. The average Bonchev–Trinajstić information content (AvgIpc) is 3.31. The highest BCUT2D eigenvalue weighted by molar-refractivity contribution is 5.71. The molecule has 66 heavy (non-hydrogen) atoms. The van der Waals surface area contributed by atoms with Crippen molar-refractivity contribution in [2.24, 2.45) is 0 Å². The van der Waals surface area contributed by atoms with E-state index in [9.17, 15) is 14.4 Å². The summed E-state index contributed by atoms with van der Waals surface area (Å²) in [5.74, 6) is -1.09. The molecule has 0 aliphatic rings. The van der Waals surface area contributed by atoms with Crippen LogP contribution in [0.5, 0.6) is 0 Å². The Morgan fingerprint density at radius 1 is 0.318 bits per heavy atom. The molecule has 0 bridgehead atoms. The van der Waals surface area contributed by atoms with E-state index < -0.39 is 12.1 Å². The molecule has 1 atom stereocenters. The zero-order valence-corrected chi connectivity index (χ0v) is 42.1. The van der Waals surface area contributed by atoms with Gasteiger partial charge in [0.25, 0.3) is 0 Å². The van der Waals surface area contributed by atoms with Crippen LogP contribution in [0.4, 0.5) is 0 Å². The van der Waals surface area contributed by atoms with Crippen molar-refractivity contribution < 1.29 is 28.6 Å². The van der Waals surface area contributed by atoms with Crippen LogP contribution in [0.25, 0.3) is 0 Å². The van der Waals surface area contributed by atoms with Crippen LogP contribution in [0.3, 0.4) is 0 Å². The zero-order chi connectivity index (χ0) is 47.9. The summed E-state index contributed by atoms with van der Waals surface area (Å²) in [7, 11) is 0. The number of hydrogen-bond acceptors (Lipinski definition) is 6. The first kappa shape index (κ1) is 61.5. The molecule has 370 valence electrons. The van der Waals surface area contributed by atoms with Gasteiger partial charge in [-0.15, -0.1) is 0 Å². The molecule has 0 aliphatic heterocycles.